The second-order valence-electron chi connectivity index (χ2n) is 10.9. The van der Waals surface area contributed by atoms with Gasteiger partial charge in [0.1, 0.15) is 7.05 Å². The third-order valence-electron chi connectivity index (χ3n) is 8.07. The van der Waals surface area contributed by atoms with Crippen LogP contribution < -0.4 is 4.57 Å². The maximum atomic E-state index is 2.53. The molecule has 0 saturated heterocycles. The van der Waals surface area contributed by atoms with Crippen molar-refractivity contribution in [2.75, 3.05) is 0 Å². The van der Waals surface area contributed by atoms with Gasteiger partial charge in [-0.3, -0.25) is 0 Å². The summed E-state index contributed by atoms with van der Waals surface area (Å²) >= 11 is 0. The summed E-state index contributed by atoms with van der Waals surface area (Å²) in [6.45, 7) is 11.6. The van der Waals surface area contributed by atoms with Gasteiger partial charge in [0, 0.05) is 11.6 Å². The average molecular weight is 423 g/mol. The summed E-state index contributed by atoms with van der Waals surface area (Å²) in [5.74, 6) is 0.637. The zero-order chi connectivity index (χ0) is 22.6. The zero-order valence-electron chi connectivity index (χ0n) is 20.5. The summed E-state index contributed by atoms with van der Waals surface area (Å²) in [5, 5.41) is 4.11. The number of nitrogens with zero attached hydrogens (tertiary/aromatic N) is 1. The number of hydrogen-bond donors (Lipinski definition) is 0. The van der Waals surface area contributed by atoms with Crippen LogP contribution in [-0.4, -0.2) is 0 Å². The van der Waals surface area contributed by atoms with E-state index in [1.807, 2.05) is 0 Å². The highest BCUT2D eigenvalue weighted by atomic mass is 14.9. The minimum Gasteiger partial charge on any atom is -0.194 e. The van der Waals surface area contributed by atoms with Crippen molar-refractivity contribution in [1.29, 1.82) is 0 Å². The summed E-state index contributed by atoms with van der Waals surface area (Å²) in [5.41, 5.74) is 10.2. The predicted molar refractivity (Wildman–Crippen MR) is 137 cm³/mol. The van der Waals surface area contributed by atoms with Crippen LogP contribution in [0.25, 0.3) is 32.9 Å². The van der Waals surface area contributed by atoms with Crippen molar-refractivity contribution >= 4 is 21.7 Å². The van der Waals surface area contributed by atoms with Crippen molar-refractivity contribution in [3.63, 3.8) is 0 Å². The van der Waals surface area contributed by atoms with E-state index in [0.29, 0.717) is 11.3 Å². The molecule has 1 aliphatic carbocycles. The van der Waals surface area contributed by atoms with Gasteiger partial charge in [-0.15, -0.1) is 0 Å². The van der Waals surface area contributed by atoms with Crippen molar-refractivity contribution in [3.8, 4) is 11.3 Å². The third-order valence-corrected chi connectivity index (χ3v) is 8.07. The minimum absolute atomic E-state index is 0.478. The summed E-state index contributed by atoms with van der Waals surface area (Å²) < 4.78 is 2.45. The fraction of sp³-hybridized carbons (Fsp3) is 0.387. The monoisotopic (exact) mass is 422 g/mol. The first-order valence-electron chi connectivity index (χ1n) is 12.2. The lowest BCUT2D eigenvalue weighted by Crippen LogP contribution is -2.33. The van der Waals surface area contributed by atoms with E-state index < -0.39 is 0 Å². The molecule has 0 atom stereocenters. The van der Waals surface area contributed by atoms with E-state index in [1.165, 1.54) is 75.3 Å². The molecule has 1 fully saturated rings. The van der Waals surface area contributed by atoms with Gasteiger partial charge in [0.2, 0.25) is 11.2 Å². The van der Waals surface area contributed by atoms with Crippen LogP contribution in [0.15, 0.2) is 54.6 Å². The quantitative estimate of drug-likeness (QED) is 0.227. The lowest BCUT2D eigenvalue weighted by Gasteiger charge is -2.34. The van der Waals surface area contributed by atoms with Crippen molar-refractivity contribution in [1.82, 2.24) is 0 Å². The van der Waals surface area contributed by atoms with E-state index in [9.17, 15) is 0 Å². The standard InChI is InChI=1S/C31H36N/c1-20-17-21(2)22(3)27(18-20)29-19-28(24-13-15-31(4,5)16-14-24)26-12-11-23-9-7-8-10-25(23)30(26)32(29)6/h7-12,17-19,24H,13-16H2,1-6H3/q+1. The highest BCUT2D eigenvalue weighted by Crippen LogP contribution is 2.45. The molecule has 0 unspecified atom stereocenters. The normalized spacial score (nSPS) is 16.7. The van der Waals surface area contributed by atoms with Gasteiger partial charge in [-0.05, 0) is 98.1 Å². The van der Waals surface area contributed by atoms with Gasteiger partial charge in [0.15, 0.2) is 0 Å². The van der Waals surface area contributed by atoms with E-state index in [4.69, 9.17) is 0 Å². The van der Waals surface area contributed by atoms with Crippen molar-refractivity contribution < 1.29 is 4.57 Å². The zero-order valence-corrected chi connectivity index (χ0v) is 20.5. The Labute approximate surface area is 193 Å². The van der Waals surface area contributed by atoms with Crippen LogP contribution in [0.1, 0.15) is 67.7 Å². The number of aryl methyl sites for hydroxylation is 3. The second kappa shape index (κ2) is 7.73. The van der Waals surface area contributed by atoms with Gasteiger partial charge >= 0.3 is 0 Å². The summed E-state index contributed by atoms with van der Waals surface area (Å²) in [4.78, 5) is 0. The van der Waals surface area contributed by atoms with Crippen LogP contribution in [0.5, 0.6) is 0 Å². The van der Waals surface area contributed by atoms with Crippen LogP contribution in [-0.2, 0) is 7.05 Å². The predicted octanol–water partition coefficient (Wildman–Crippen LogP) is 8.09. The summed E-state index contributed by atoms with van der Waals surface area (Å²) in [6.07, 6.45) is 5.19. The molecule has 1 nitrogen and oxygen atoms in total. The van der Waals surface area contributed by atoms with Gasteiger partial charge in [-0.25, -0.2) is 0 Å². The molecule has 1 aromatic heterocycles. The second-order valence-corrected chi connectivity index (χ2v) is 10.9. The minimum atomic E-state index is 0.478. The molecule has 164 valence electrons. The van der Waals surface area contributed by atoms with E-state index >= 15 is 0 Å². The molecule has 1 heteroatoms. The molecule has 5 rings (SSSR count). The molecule has 4 aromatic rings. The SMILES string of the molecule is Cc1cc(C)c(C)c(-c2cc(C3CCC(C)(C)CC3)c3ccc4ccccc4c3[n+]2C)c1. The maximum absolute atomic E-state index is 2.53. The first-order valence-corrected chi connectivity index (χ1v) is 12.2. The van der Waals surface area contributed by atoms with Gasteiger partial charge in [-0.1, -0.05) is 49.7 Å². The Morgan fingerprint density at radius 3 is 2.31 bits per heavy atom. The van der Waals surface area contributed by atoms with Crippen LogP contribution in [0.3, 0.4) is 0 Å². The van der Waals surface area contributed by atoms with Crippen molar-refractivity contribution in [2.24, 2.45) is 12.5 Å². The molecule has 1 saturated carbocycles. The number of benzene rings is 3. The number of fused-ring (bicyclic) bond motifs is 3. The Morgan fingerprint density at radius 1 is 0.844 bits per heavy atom. The lowest BCUT2D eigenvalue weighted by molar-refractivity contribution is -0.632. The third kappa shape index (κ3) is 3.52. The molecule has 0 N–H and O–H groups in total. The molecule has 32 heavy (non-hydrogen) atoms. The van der Waals surface area contributed by atoms with E-state index in [2.05, 4.69) is 101 Å². The molecule has 0 amide bonds. The summed E-state index contributed by atoms with van der Waals surface area (Å²) in [7, 11) is 2.26. The molecule has 0 bridgehead atoms. The van der Waals surface area contributed by atoms with Crippen molar-refractivity contribution in [2.45, 2.75) is 66.2 Å². The van der Waals surface area contributed by atoms with E-state index in [1.54, 1.807) is 5.56 Å². The van der Waals surface area contributed by atoms with Crippen LogP contribution in [0.4, 0.5) is 0 Å². The highest BCUT2D eigenvalue weighted by molar-refractivity contribution is 6.05. The Morgan fingerprint density at radius 2 is 1.56 bits per heavy atom. The van der Waals surface area contributed by atoms with Gasteiger partial charge in [-0.2, -0.15) is 4.57 Å². The number of pyridine rings is 1. The topological polar surface area (TPSA) is 3.88 Å². The molecule has 1 heterocycles. The fourth-order valence-electron chi connectivity index (χ4n) is 5.90. The molecule has 3 aromatic carbocycles. The number of hydrogen-bond acceptors (Lipinski definition) is 0. The highest BCUT2D eigenvalue weighted by Gasteiger charge is 2.31. The Balaban J connectivity index is 1.84. The smallest absolute Gasteiger partial charge is 0.194 e. The maximum Gasteiger partial charge on any atom is 0.220 e. The first-order chi connectivity index (χ1) is 15.2. The molecule has 0 radical (unpaired) electrons. The molecule has 0 aliphatic heterocycles. The Kier molecular flexibility index (Phi) is 5.12. The van der Waals surface area contributed by atoms with E-state index in [0.717, 1.165) is 0 Å². The van der Waals surface area contributed by atoms with E-state index in [-0.39, 0.29) is 0 Å². The van der Waals surface area contributed by atoms with Crippen molar-refractivity contribution in [3.05, 3.63) is 76.9 Å². The van der Waals surface area contributed by atoms with Crippen LogP contribution >= 0.6 is 0 Å². The molecular formula is C31H36N+. The number of aromatic nitrogens is 1. The molecule has 1 aliphatic rings. The fourth-order valence-corrected chi connectivity index (χ4v) is 5.90. The summed E-state index contributed by atoms with van der Waals surface area (Å²) in [6, 6.07) is 20.8. The van der Waals surface area contributed by atoms with Gasteiger partial charge in [0.25, 0.3) is 0 Å². The van der Waals surface area contributed by atoms with Gasteiger partial charge < -0.3 is 0 Å². The molecule has 0 spiro atoms. The van der Waals surface area contributed by atoms with Gasteiger partial charge in [0.05, 0.1) is 10.8 Å². The lowest BCUT2D eigenvalue weighted by atomic mass is 9.70. The Bertz CT molecular complexity index is 1330. The Hall–Kier alpha value is -2.67. The van der Waals surface area contributed by atoms with Crippen LogP contribution in [0, 0.1) is 26.2 Å². The first kappa shape index (κ1) is 21.2. The average Bonchev–Trinajstić information content (AvgIpc) is 2.76. The number of rotatable bonds is 2. The molecular weight excluding hydrogens is 386 g/mol. The van der Waals surface area contributed by atoms with Crippen LogP contribution in [0.2, 0.25) is 0 Å². The largest absolute Gasteiger partial charge is 0.220 e.